The minimum Gasteiger partial charge on any atom is -0.370 e. The van der Waals surface area contributed by atoms with Gasteiger partial charge in [0.05, 0.1) is 19.4 Å². The number of pyridine rings is 1. The number of halogens is 1. The van der Waals surface area contributed by atoms with Gasteiger partial charge in [-0.3, -0.25) is 9.78 Å². The summed E-state index contributed by atoms with van der Waals surface area (Å²) < 4.78 is 5.41. The molecule has 25 heavy (non-hydrogen) atoms. The highest BCUT2D eigenvalue weighted by molar-refractivity contribution is 6.30. The standard InChI is InChI=1S/C18H19ClN4O2/c19-16-3-1-2-14(12-16)13-21-22-18(24)17(15-4-6-20-7-5-15)23-8-10-25-11-9-23/h1-7,12-13,17H,8-11H2,(H,22,24)/p+1/b21-13-/t17-/m0/s1. The van der Waals surface area contributed by atoms with E-state index in [1.165, 1.54) is 0 Å². The summed E-state index contributed by atoms with van der Waals surface area (Å²) in [7, 11) is 0. The molecule has 1 amide bonds. The average molecular weight is 360 g/mol. The fraction of sp³-hybridized carbons (Fsp3) is 0.278. The van der Waals surface area contributed by atoms with E-state index in [9.17, 15) is 4.79 Å². The maximum Gasteiger partial charge on any atom is 0.303 e. The molecule has 3 rings (SSSR count). The summed E-state index contributed by atoms with van der Waals surface area (Å²) in [5.74, 6) is -0.152. The summed E-state index contributed by atoms with van der Waals surface area (Å²) in [6.45, 7) is 2.85. The van der Waals surface area contributed by atoms with Crippen LogP contribution in [0.3, 0.4) is 0 Å². The highest BCUT2D eigenvalue weighted by Gasteiger charge is 2.32. The maximum atomic E-state index is 12.8. The van der Waals surface area contributed by atoms with Crippen LogP contribution in [0.15, 0.2) is 53.9 Å². The SMILES string of the molecule is O=C(N/N=C\c1cccc(Cl)c1)[C@H](c1ccncc1)[NH+]1CCOCC1. The van der Waals surface area contributed by atoms with Crippen LogP contribution < -0.4 is 10.3 Å². The molecule has 1 fully saturated rings. The van der Waals surface area contributed by atoms with Gasteiger partial charge in [0.15, 0.2) is 6.04 Å². The van der Waals surface area contributed by atoms with Crippen molar-refractivity contribution in [2.24, 2.45) is 5.10 Å². The monoisotopic (exact) mass is 359 g/mol. The number of morpholine rings is 1. The molecule has 1 atom stereocenters. The molecule has 1 aliphatic rings. The second-order valence-electron chi connectivity index (χ2n) is 5.77. The Morgan fingerprint density at radius 1 is 1.28 bits per heavy atom. The van der Waals surface area contributed by atoms with E-state index in [4.69, 9.17) is 16.3 Å². The van der Waals surface area contributed by atoms with Gasteiger partial charge in [-0.2, -0.15) is 5.10 Å². The molecule has 2 N–H and O–H groups in total. The third-order valence-corrected chi connectivity index (χ3v) is 4.32. The predicted octanol–water partition coefficient (Wildman–Crippen LogP) is 0.841. The van der Waals surface area contributed by atoms with Crippen molar-refractivity contribution in [1.82, 2.24) is 10.4 Å². The largest absolute Gasteiger partial charge is 0.370 e. The molecule has 2 aromatic rings. The van der Waals surface area contributed by atoms with Gasteiger partial charge >= 0.3 is 5.91 Å². The lowest BCUT2D eigenvalue weighted by Gasteiger charge is -2.30. The van der Waals surface area contributed by atoms with Gasteiger partial charge in [-0.1, -0.05) is 23.7 Å². The van der Waals surface area contributed by atoms with Crippen molar-refractivity contribution in [2.45, 2.75) is 6.04 Å². The zero-order valence-electron chi connectivity index (χ0n) is 13.7. The predicted molar refractivity (Wildman–Crippen MR) is 95.7 cm³/mol. The fourth-order valence-corrected chi connectivity index (χ4v) is 3.07. The minimum absolute atomic E-state index is 0.152. The van der Waals surface area contributed by atoms with Crippen molar-refractivity contribution >= 4 is 23.7 Å². The summed E-state index contributed by atoms with van der Waals surface area (Å²) in [6.07, 6.45) is 4.98. The lowest BCUT2D eigenvalue weighted by molar-refractivity contribution is -0.929. The summed E-state index contributed by atoms with van der Waals surface area (Å²) in [4.78, 5) is 18.0. The first kappa shape index (κ1) is 17.5. The van der Waals surface area contributed by atoms with Gasteiger partial charge in [-0.15, -0.1) is 0 Å². The number of hydrogen-bond acceptors (Lipinski definition) is 4. The number of ether oxygens (including phenoxy) is 1. The highest BCUT2D eigenvalue weighted by atomic mass is 35.5. The van der Waals surface area contributed by atoms with E-state index in [0.717, 1.165) is 29.1 Å². The van der Waals surface area contributed by atoms with Gasteiger partial charge in [-0.25, -0.2) is 5.43 Å². The number of carbonyl (C=O) groups is 1. The second kappa shape index (κ2) is 8.71. The Hall–Kier alpha value is -2.28. The van der Waals surface area contributed by atoms with E-state index in [-0.39, 0.29) is 11.9 Å². The Balaban J connectivity index is 1.72. The van der Waals surface area contributed by atoms with Crippen LogP contribution in [0.1, 0.15) is 17.2 Å². The summed E-state index contributed by atoms with van der Waals surface area (Å²) >= 11 is 5.95. The number of hydrogen-bond donors (Lipinski definition) is 2. The van der Waals surface area contributed by atoms with Crippen molar-refractivity contribution < 1.29 is 14.4 Å². The molecular formula is C18H20ClN4O2+. The molecule has 0 spiro atoms. The van der Waals surface area contributed by atoms with Crippen LogP contribution in [0.2, 0.25) is 5.02 Å². The van der Waals surface area contributed by atoms with Crippen molar-refractivity contribution in [3.8, 4) is 0 Å². The van der Waals surface area contributed by atoms with Crippen LogP contribution in [0.4, 0.5) is 0 Å². The maximum absolute atomic E-state index is 12.8. The Morgan fingerprint density at radius 2 is 2.04 bits per heavy atom. The number of carbonyl (C=O) groups excluding carboxylic acids is 1. The smallest absolute Gasteiger partial charge is 0.303 e. The first-order chi connectivity index (χ1) is 12.2. The highest BCUT2D eigenvalue weighted by Crippen LogP contribution is 2.10. The molecule has 1 aromatic heterocycles. The second-order valence-corrected chi connectivity index (χ2v) is 6.21. The van der Waals surface area contributed by atoms with E-state index < -0.39 is 0 Å². The van der Waals surface area contributed by atoms with Crippen molar-refractivity contribution in [1.29, 1.82) is 0 Å². The number of aromatic nitrogens is 1. The zero-order chi connectivity index (χ0) is 17.5. The van der Waals surface area contributed by atoms with Crippen molar-refractivity contribution in [3.63, 3.8) is 0 Å². The Kier molecular flexibility index (Phi) is 6.11. The van der Waals surface area contributed by atoms with Gasteiger partial charge < -0.3 is 9.64 Å². The zero-order valence-corrected chi connectivity index (χ0v) is 14.4. The lowest BCUT2D eigenvalue weighted by atomic mass is 10.1. The van der Waals surface area contributed by atoms with E-state index in [1.54, 1.807) is 30.7 Å². The molecule has 2 heterocycles. The Bertz CT molecular complexity index is 733. The number of rotatable bonds is 5. The normalized spacial score (nSPS) is 16.7. The first-order valence-electron chi connectivity index (χ1n) is 8.15. The molecule has 0 saturated carbocycles. The molecule has 1 aliphatic heterocycles. The fourth-order valence-electron chi connectivity index (χ4n) is 2.87. The van der Waals surface area contributed by atoms with Gasteiger partial charge in [-0.05, 0) is 29.8 Å². The summed E-state index contributed by atoms with van der Waals surface area (Å²) in [5.41, 5.74) is 4.40. The van der Waals surface area contributed by atoms with Crippen LogP contribution in [0.25, 0.3) is 0 Å². The number of amides is 1. The van der Waals surface area contributed by atoms with E-state index in [2.05, 4.69) is 15.5 Å². The van der Waals surface area contributed by atoms with Gasteiger partial charge in [0.2, 0.25) is 0 Å². The quantitative estimate of drug-likeness (QED) is 0.614. The molecular weight excluding hydrogens is 340 g/mol. The topological polar surface area (TPSA) is 68.0 Å². The molecule has 0 aliphatic carbocycles. The molecule has 0 radical (unpaired) electrons. The van der Waals surface area contributed by atoms with E-state index in [1.807, 2.05) is 24.3 Å². The molecule has 1 aromatic carbocycles. The van der Waals surface area contributed by atoms with Crippen LogP contribution in [-0.4, -0.2) is 43.4 Å². The van der Waals surface area contributed by atoms with Crippen LogP contribution >= 0.6 is 11.6 Å². The van der Waals surface area contributed by atoms with Crippen LogP contribution in [-0.2, 0) is 9.53 Å². The molecule has 0 unspecified atom stereocenters. The Morgan fingerprint density at radius 3 is 2.76 bits per heavy atom. The van der Waals surface area contributed by atoms with Gasteiger partial charge in [0.25, 0.3) is 0 Å². The minimum atomic E-state index is -0.344. The molecule has 6 nitrogen and oxygen atoms in total. The van der Waals surface area contributed by atoms with Crippen LogP contribution in [0.5, 0.6) is 0 Å². The lowest BCUT2D eigenvalue weighted by Crippen LogP contribution is -3.15. The summed E-state index contributed by atoms with van der Waals surface area (Å²) in [5, 5.41) is 4.71. The van der Waals surface area contributed by atoms with Gasteiger partial charge in [0.1, 0.15) is 13.1 Å². The third-order valence-electron chi connectivity index (χ3n) is 4.08. The first-order valence-corrected chi connectivity index (χ1v) is 8.52. The average Bonchev–Trinajstić information content (AvgIpc) is 2.64. The summed E-state index contributed by atoms with van der Waals surface area (Å²) in [6, 6.07) is 10.7. The van der Waals surface area contributed by atoms with Crippen LogP contribution in [0, 0.1) is 0 Å². The Labute approximate surface area is 151 Å². The number of hydrazone groups is 1. The van der Waals surface area contributed by atoms with Crippen molar-refractivity contribution in [3.05, 3.63) is 64.9 Å². The number of benzene rings is 1. The molecule has 1 saturated heterocycles. The molecule has 130 valence electrons. The third kappa shape index (κ3) is 4.85. The van der Waals surface area contributed by atoms with Gasteiger partial charge in [0, 0.05) is 23.0 Å². The molecule has 0 bridgehead atoms. The number of nitrogens with zero attached hydrogens (tertiary/aromatic N) is 2. The van der Waals surface area contributed by atoms with Crippen molar-refractivity contribution in [2.75, 3.05) is 26.3 Å². The molecule has 7 heteroatoms. The number of quaternary nitrogens is 1. The number of nitrogens with one attached hydrogen (secondary N) is 2. The van der Waals surface area contributed by atoms with E-state index in [0.29, 0.717) is 18.2 Å². The van der Waals surface area contributed by atoms with E-state index >= 15 is 0 Å².